The predicted molar refractivity (Wildman–Crippen MR) is 86.7 cm³/mol. The number of nitrogens with one attached hydrogen (secondary N) is 3. The van der Waals surface area contributed by atoms with Gasteiger partial charge in [-0.25, -0.2) is 4.79 Å². The Balaban J connectivity index is 1.52. The standard InChI is InChI=1S/C17H15N3O3/c21-16(10-12-11-18-15-9-5-4-8-14(12)15)20-23-17(22)19-13-6-2-1-3-7-13/h1-9,11,18H,10H2,(H,19,22)(H,20,21). The van der Waals surface area contributed by atoms with Gasteiger partial charge in [-0.15, -0.1) is 0 Å². The third-order valence-corrected chi connectivity index (χ3v) is 3.30. The number of benzene rings is 2. The Labute approximate surface area is 132 Å². The van der Waals surface area contributed by atoms with Gasteiger partial charge in [0, 0.05) is 22.8 Å². The molecule has 0 aliphatic rings. The minimum absolute atomic E-state index is 0.114. The van der Waals surface area contributed by atoms with Gasteiger partial charge in [-0.05, 0) is 23.8 Å². The van der Waals surface area contributed by atoms with Gasteiger partial charge in [0.05, 0.1) is 6.42 Å². The molecular weight excluding hydrogens is 294 g/mol. The number of hydrogen-bond acceptors (Lipinski definition) is 3. The van der Waals surface area contributed by atoms with Crippen molar-refractivity contribution in [3.63, 3.8) is 0 Å². The van der Waals surface area contributed by atoms with E-state index in [1.54, 1.807) is 30.5 Å². The number of carbonyl (C=O) groups is 2. The van der Waals surface area contributed by atoms with Gasteiger partial charge in [-0.2, -0.15) is 5.48 Å². The van der Waals surface area contributed by atoms with Crippen molar-refractivity contribution in [1.82, 2.24) is 10.5 Å². The normalized spacial score (nSPS) is 10.3. The fourth-order valence-electron chi connectivity index (χ4n) is 2.26. The number of anilines is 1. The molecule has 0 spiro atoms. The molecule has 0 unspecified atom stereocenters. The molecule has 0 atom stereocenters. The average molecular weight is 309 g/mol. The van der Waals surface area contributed by atoms with E-state index in [4.69, 9.17) is 4.84 Å². The van der Waals surface area contributed by atoms with Crippen molar-refractivity contribution >= 4 is 28.6 Å². The molecule has 3 rings (SSSR count). The molecule has 0 bridgehead atoms. The number of aromatic nitrogens is 1. The summed E-state index contributed by atoms with van der Waals surface area (Å²) in [6, 6.07) is 16.5. The van der Waals surface area contributed by atoms with E-state index in [1.807, 2.05) is 30.3 Å². The zero-order chi connectivity index (χ0) is 16.1. The molecule has 2 amide bonds. The fraction of sp³-hybridized carbons (Fsp3) is 0.0588. The minimum Gasteiger partial charge on any atom is -0.361 e. The van der Waals surface area contributed by atoms with E-state index in [1.165, 1.54) is 0 Å². The van der Waals surface area contributed by atoms with Crippen LogP contribution in [0.25, 0.3) is 10.9 Å². The van der Waals surface area contributed by atoms with Gasteiger partial charge >= 0.3 is 6.09 Å². The lowest BCUT2D eigenvalue weighted by atomic mass is 10.1. The highest BCUT2D eigenvalue weighted by Crippen LogP contribution is 2.17. The summed E-state index contributed by atoms with van der Waals surface area (Å²) in [5, 5.41) is 3.47. The topological polar surface area (TPSA) is 83.2 Å². The largest absolute Gasteiger partial charge is 0.436 e. The molecule has 0 saturated carbocycles. The van der Waals surface area contributed by atoms with Crippen LogP contribution in [0.5, 0.6) is 0 Å². The van der Waals surface area contributed by atoms with Gasteiger partial charge in [0.2, 0.25) is 0 Å². The van der Waals surface area contributed by atoms with Crippen LogP contribution in [0.4, 0.5) is 10.5 Å². The third-order valence-electron chi connectivity index (χ3n) is 3.30. The Hall–Kier alpha value is -3.28. The lowest BCUT2D eigenvalue weighted by molar-refractivity contribution is -0.128. The molecule has 0 aliphatic heterocycles. The summed E-state index contributed by atoms with van der Waals surface area (Å²) in [7, 11) is 0. The van der Waals surface area contributed by atoms with Crippen LogP contribution in [0.3, 0.4) is 0 Å². The molecule has 0 aliphatic carbocycles. The molecule has 0 radical (unpaired) electrons. The van der Waals surface area contributed by atoms with E-state index in [2.05, 4.69) is 15.8 Å². The molecule has 2 aromatic carbocycles. The lowest BCUT2D eigenvalue weighted by Gasteiger charge is -2.07. The fourth-order valence-corrected chi connectivity index (χ4v) is 2.26. The number of fused-ring (bicyclic) bond motifs is 1. The van der Waals surface area contributed by atoms with Crippen LogP contribution >= 0.6 is 0 Å². The average Bonchev–Trinajstić information content (AvgIpc) is 2.97. The maximum atomic E-state index is 11.9. The summed E-state index contributed by atoms with van der Waals surface area (Å²) in [5.74, 6) is -0.405. The van der Waals surface area contributed by atoms with E-state index in [0.29, 0.717) is 5.69 Å². The minimum atomic E-state index is -0.747. The molecule has 116 valence electrons. The van der Waals surface area contributed by atoms with Crippen LogP contribution in [0.15, 0.2) is 60.8 Å². The van der Waals surface area contributed by atoms with E-state index in [-0.39, 0.29) is 6.42 Å². The summed E-state index contributed by atoms with van der Waals surface area (Å²) >= 11 is 0. The van der Waals surface area contributed by atoms with Crippen molar-refractivity contribution in [2.24, 2.45) is 0 Å². The van der Waals surface area contributed by atoms with Crippen LogP contribution in [0.2, 0.25) is 0 Å². The summed E-state index contributed by atoms with van der Waals surface area (Å²) in [6.07, 6.45) is 1.14. The van der Waals surface area contributed by atoms with Gasteiger partial charge in [0.15, 0.2) is 0 Å². The molecule has 3 aromatic rings. The number of hydroxylamine groups is 1. The smallest absolute Gasteiger partial charge is 0.361 e. The first-order valence-corrected chi connectivity index (χ1v) is 7.09. The zero-order valence-corrected chi connectivity index (χ0v) is 12.2. The number of rotatable bonds is 3. The molecule has 1 aromatic heterocycles. The Morgan fingerprint density at radius 1 is 1.00 bits per heavy atom. The van der Waals surface area contributed by atoms with E-state index >= 15 is 0 Å². The van der Waals surface area contributed by atoms with Crippen LogP contribution in [0.1, 0.15) is 5.56 Å². The van der Waals surface area contributed by atoms with E-state index < -0.39 is 12.0 Å². The van der Waals surface area contributed by atoms with Crippen molar-refractivity contribution in [2.45, 2.75) is 6.42 Å². The number of hydrogen-bond donors (Lipinski definition) is 3. The summed E-state index contributed by atoms with van der Waals surface area (Å²) in [6.45, 7) is 0. The Bertz CT molecular complexity index is 827. The number of aromatic amines is 1. The molecule has 6 heteroatoms. The second-order valence-corrected chi connectivity index (χ2v) is 4.94. The van der Waals surface area contributed by atoms with Crippen molar-refractivity contribution < 1.29 is 14.4 Å². The molecule has 3 N–H and O–H groups in total. The number of H-pyrrole nitrogens is 1. The van der Waals surface area contributed by atoms with Gasteiger partial charge in [-0.3, -0.25) is 10.1 Å². The summed E-state index contributed by atoms with van der Waals surface area (Å²) < 4.78 is 0. The highest BCUT2D eigenvalue weighted by atomic mass is 16.7. The Kier molecular flexibility index (Phi) is 4.24. The molecule has 23 heavy (non-hydrogen) atoms. The second-order valence-electron chi connectivity index (χ2n) is 4.94. The number of para-hydroxylation sites is 2. The number of amides is 2. The maximum Gasteiger partial charge on any atom is 0.436 e. The first-order chi connectivity index (χ1) is 11.2. The van der Waals surface area contributed by atoms with Crippen molar-refractivity contribution in [2.75, 3.05) is 5.32 Å². The lowest BCUT2D eigenvalue weighted by Crippen LogP contribution is -2.30. The number of carbonyl (C=O) groups excluding carboxylic acids is 2. The second kappa shape index (κ2) is 6.65. The predicted octanol–water partition coefficient (Wildman–Crippen LogP) is 2.99. The maximum absolute atomic E-state index is 11.9. The third kappa shape index (κ3) is 3.68. The van der Waals surface area contributed by atoms with Gasteiger partial charge in [0.25, 0.3) is 5.91 Å². The molecule has 0 saturated heterocycles. The first kappa shape index (κ1) is 14.6. The van der Waals surface area contributed by atoms with Gasteiger partial charge < -0.3 is 9.82 Å². The highest BCUT2D eigenvalue weighted by molar-refractivity contribution is 5.90. The Morgan fingerprint density at radius 3 is 2.57 bits per heavy atom. The van der Waals surface area contributed by atoms with Gasteiger partial charge in [-0.1, -0.05) is 36.4 Å². The molecule has 0 fully saturated rings. The summed E-state index contributed by atoms with van der Waals surface area (Å²) in [4.78, 5) is 31.3. The summed E-state index contributed by atoms with van der Waals surface area (Å²) in [5.41, 5.74) is 4.52. The molecule has 1 heterocycles. The SMILES string of the molecule is O=C(Cc1c[nH]c2ccccc12)NOC(=O)Nc1ccccc1. The Morgan fingerprint density at radius 2 is 1.74 bits per heavy atom. The van der Waals surface area contributed by atoms with Crippen molar-refractivity contribution in [3.05, 3.63) is 66.4 Å². The molecular formula is C17H15N3O3. The monoisotopic (exact) mass is 309 g/mol. The molecule has 6 nitrogen and oxygen atoms in total. The van der Waals surface area contributed by atoms with Crippen LogP contribution in [-0.4, -0.2) is 17.0 Å². The van der Waals surface area contributed by atoms with Crippen molar-refractivity contribution in [1.29, 1.82) is 0 Å². The first-order valence-electron chi connectivity index (χ1n) is 7.09. The van der Waals surface area contributed by atoms with Gasteiger partial charge in [0.1, 0.15) is 0 Å². The quantitative estimate of drug-likeness (QED) is 0.650. The van der Waals surface area contributed by atoms with E-state index in [9.17, 15) is 9.59 Å². The highest BCUT2D eigenvalue weighted by Gasteiger charge is 2.10. The van der Waals surface area contributed by atoms with Crippen LogP contribution in [0, 0.1) is 0 Å². The van der Waals surface area contributed by atoms with Crippen molar-refractivity contribution in [3.8, 4) is 0 Å². The van der Waals surface area contributed by atoms with E-state index in [0.717, 1.165) is 16.5 Å². The van der Waals surface area contributed by atoms with Crippen LogP contribution < -0.4 is 10.8 Å². The zero-order valence-electron chi connectivity index (χ0n) is 12.2. The van der Waals surface area contributed by atoms with Crippen LogP contribution in [-0.2, 0) is 16.1 Å².